The fourth-order valence-corrected chi connectivity index (χ4v) is 2.34. The molecule has 0 fully saturated rings. The summed E-state index contributed by atoms with van der Waals surface area (Å²) in [6, 6.07) is 14.5. The van der Waals surface area contributed by atoms with Crippen molar-refractivity contribution in [2.45, 2.75) is 26.3 Å². The number of hydrogen-bond donors (Lipinski definition) is 1. The van der Waals surface area contributed by atoms with Gasteiger partial charge in [0.2, 0.25) is 0 Å². The largest absolute Gasteiger partial charge is 0.465 e. The van der Waals surface area contributed by atoms with Gasteiger partial charge in [-0.05, 0) is 43.2 Å². The predicted octanol–water partition coefficient (Wildman–Crippen LogP) is 3.66. The minimum absolute atomic E-state index is 0.0385. The Kier molecular flexibility index (Phi) is 5.52. The van der Waals surface area contributed by atoms with E-state index in [4.69, 9.17) is 0 Å². The minimum Gasteiger partial charge on any atom is -0.465 e. The summed E-state index contributed by atoms with van der Waals surface area (Å²) in [6.45, 7) is 4.07. The van der Waals surface area contributed by atoms with Crippen molar-refractivity contribution in [3.63, 3.8) is 0 Å². The molecule has 0 saturated carbocycles. The number of carbonyl (C=O) groups excluding carboxylic acids is 2. The summed E-state index contributed by atoms with van der Waals surface area (Å²) in [5.74, 6) is -0.572. The van der Waals surface area contributed by atoms with E-state index in [0.29, 0.717) is 11.1 Å². The molecule has 1 atom stereocenters. The lowest BCUT2D eigenvalue weighted by Gasteiger charge is -2.18. The number of methoxy groups -OCH3 is 1. The molecule has 4 nitrogen and oxygen atoms in total. The molecule has 2 aromatic carbocycles. The number of carbonyl (C=O) groups is 2. The minimum atomic E-state index is -0.414. The molecule has 1 unspecified atom stereocenters. The summed E-state index contributed by atoms with van der Waals surface area (Å²) in [5.41, 5.74) is 3.21. The van der Waals surface area contributed by atoms with Crippen molar-refractivity contribution in [1.82, 2.24) is 5.32 Å². The van der Waals surface area contributed by atoms with E-state index in [1.54, 1.807) is 24.3 Å². The van der Waals surface area contributed by atoms with E-state index in [-0.39, 0.29) is 11.9 Å². The van der Waals surface area contributed by atoms with Crippen molar-refractivity contribution >= 4 is 11.9 Å². The summed E-state index contributed by atoms with van der Waals surface area (Å²) < 4.78 is 4.65. The maximum atomic E-state index is 12.4. The maximum Gasteiger partial charge on any atom is 0.337 e. The van der Waals surface area contributed by atoms with Crippen LogP contribution in [0.5, 0.6) is 0 Å². The summed E-state index contributed by atoms with van der Waals surface area (Å²) in [4.78, 5) is 23.8. The summed E-state index contributed by atoms with van der Waals surface area (Å²) >= 11 is 0. The Bertz CT molecular complexity index is 675. The topological polar surface area (TPSA) is 55.4 Å². The molecular weight excluding hydrogens is 290 g/mol. The van der Waals surface area contributed by atoms with Gasteiger partial charge in [-0.25, -0.2) is 4.79 Å². The third-order valence-corrected chi connectivity index (χ3v) is 3.76. The number of esters is 1. The highest BCUT2D eigenvalue weighted by Gasteiger charge is 2.14. The third-order valence-electron chi connectivity index (χ3n) is 3.76. The van der Waals surface area contributed by atoms with Crippen LogP contribution in [-0.4, -0.2) is 19.0 Å². The van der Waals surface area contributed by atoms with Gasteiger partial charge in [-0.15, -0.1) is 0 Å². The molecule has 2 aromatic rings. The molecule has 0 aliphatic rings. The van der Waals surface area contributed by atoms with Gasteiger partial charge in [0.25, 0.3) is 5.91 Å². The second-order valence-electron chi connectivity index (χ2n) is 5.41. The quantitative estimate of drug-likeness (QED) is 0.857. The number of nitrogens with one attached hydrogen (secondary N) is 1. The number of amides is 1. The molecule has 0 bridgehead atoms. The smallest absolute Gasteiger partial charge is 0.337 e. The van der Waals surface area contributed by atoms with Crippen molar-refractivity contribution in [1.29, 1.82) is 0 Å². The Hall–Kier alpha value is -2.62. The van der Waals surface area contributed by atoms with E-state index in [9.17, 15) is 9.59 Å². The Morgan fingerprint density at radius 1 is 1.00 bits per heavy atom. The van der Waals surface area contributed by atoms with E-state index in [1.807, 2.05) is 38.1 Å². The van der Waals surface area contributed by atoms with Crippen LogP contribution in [0, 0.1) is 6.92 Å². The van der Waals surface area contributed by atoms with Crippen LogP contribution in [0.3, 0.4) is 0 Å². The first-order valence-electron chi connectivity index (χ1n) is 7.61. The van der Waals surface area contributed by atoms with E-state index in [2.05, 4.69) is 10.1 Å². The van der Waals surface area contributed by atoms with Gasteiger partial charge in [0, 0.05) is 5.56 Å². The Morgan fingerprint density at radius 2 is 1.57 bits per heavy atom. The lowest BCUT2D eigenvalue weighted by molar-refractivity contribution is 0.0600. The van der Waals surface area contributed by atoms with E-state index in [0.717, 1.165) is 12.0 Å². The first kappa shape index (κ1) is 16.7. The van der Waals surface area contributed by atoms with Gasteiger partial charge < -0.3 is 10.1 Å². The molecule has 4 heteroatoms. The fourth-order valence-electron chi connectivity index (χ4n) is 2.34. The molecule has 120 valence electrons. The Labute approximate surface area is 136 Å². The summed E-state index contributed by atoms with van der Waals surface area (Å²) in [5, 5.41) is 3.03. The fraction of sp³-hybridized carbons (Fsp3) is 0.263. The Morgan fingerprint density at radius 3 is 2.09 bits per heavy atom. The first-order valence-corrected chi connectivity index (χ1v) is 7.61. The van der Waals surface area contributed by atoms with Gasteiger partial charge in [0.1, 0.15) is 0 Å². The predicted molar refractivity (Wildman–Crippen MR) is 89.5 cm³/mol. The zero-order valence-corrected chi connectivity index (χ0v) is 13.6. The number of ether oxygens (including phenoxy) is 1. The zero-order valence-electron chi connectivity index (χ0n) is 13.6. The maximum absolute atomic E-state index is 12.4. The standard InChI is InChI=1S/C19H21NO3/c1-4-17(14-7-5-13(2)6-8-14)20-18(21)15-9-11-16(12-10-15)19(22)23-3/h5-12,17H,4H2,1-3H3,(H,20,21). The van der Waals surface area contributed by atoms with E-state index >= 15 is 0 Å². The lowest BCUT2D eigenvalue weighted by atomic mass is 10.0. The van der Waals surface area contributed by atoms with E-state index in [1.165, 1.54) is 12.7 Å². The van der Waals surface area contributed by atoms with Gasteiger partial charge in [0.15, 0.2) is 0 Å². The molecule has 0 heterocycles. The molecular formula is C19H21NO3. The second kappa shape index (κ2) is 7.58. The molecule has 0 aromatic heterocycles. The number of benzene rings is 2. The molecule has 23 heavy (non-hydrogen) atoms. The highest BCUT2D eigenvalue weighted by atomic mass is 16.5. The molecule has 0 aliphatic carbocycles. The Balaban J connectivity index is 2.10. The van der Waals surface area contributed by atoms with Crippen LogP contribution in [0.4, 0.5) is 0 Å². The molecule has 0 saturated heterocycles. The summed E-state index contributed by atoms with van der Waals surface area (Å²) in [6.07, 6.45) is 0.801. The van der Waals surface area contributed by atoms with Gasteiger partial charge in [0.05, 0.1) is 18.7 Å². The average molecular weight is 311 g/mol. The highest BCUT2D eigenvalue weighted by Crippen LogP contribution is 2.18. The molecule has 1 amide bonds. The van der Waals surface area contributed by atoms with Crippen LogP contribution >= 0.6 is 0 Å². The van der Waals surface area contributed by atoms with Gasteiger partial charge in [-0.2, -0.15) is 0 Å². The van der Waals surface area contributed by atoms with Crippen LogP contribution in [0.15, 0.2) is 48.5 Å². The SMILES string of the molecule is CCC(NC(=O)c1ccc(C(=O)OC)cc1)c1ccc(C)cc1. The van der Waals surface area contributed by atoms with E-state index < -0.39 is 5.97 Å². The van der Waals surface area contributed by atoms with Crippen molar-refractivity contribution in [2.24, 2.45) is 0 Å². The first-order chi connectivity index (χ1) is 11.0. The normalized spacial score (nSPS) is 11.6. The van der Waals surface area contributed by atoms with Gasteiger partial charge >= 0.3 is 5.97 Å². The van der Waals surface area contributed by atoms with Gasteiger partial charge in [-0.3, -0.25) is 4.79 Å². The average Bonchev–Trinajstić information content (AvgIpc) is 2.59. The van der Waals surface area contributed by atoms with Crippen molar-refractivity contribution in [3.05, 3.63) is 70.8 Å². The highest BCUT2D eigenvalue weighted by molar-refractivity contribution is 5.96. The summed E-state index contributed by atoms with van der Waals surface area (Å²) in [7, 11) is 1.33. The number of hydrogen-bond acceptors (Lipinski definition) is 3. The monoisotopic (exact) mass is 311 g/mol. The van der Waals surface area contributed by atoms with Crippen LogP contribution in [0.25, 0.3) is 0 Å². The molecule has 2 rings (SSSR count). The molecule has 0 spiro atoms. The van der Waals surface area contributed by atoms with Crippen molar-refractivity contribution < 1.29 is 14.3 Å². The van der Waals surface area contributed by atoms with Crippen molar-refractivity contribution in [2.75, 3.05) is 7.11 Å². The third kappa shape index (κ3) is 4.19. The zero-order chi connectivity index (χ0) is 16.8. The molecule has 0 aliphatic heterocycles. The molecule has 1 N–H and O–H groups in total. The lowest BCUT2D eigenvalue weighted by Crippen LogP contribution is -2.28. The molecule has 0 radical (unpaired) electrons. The van der Waals surface area contributed by atoms with Crippen molar-refractivity contribution in [3.8, 4) is 0 Å². The van der Waals surface area contributed by atoms with Crippen LogP contribution in [-0.2, 0) is 4.74 Å². The van der Waals surface area contributed by atoms with Crippen LogP contribution in [0.2, 0.25) is 0 Å². The van der Waals surface area contributed by atoms with Gasteiger partial charge in [-0.1, -0.05) is 36.8 Å². The number of aryl methyl sites for hydroxylation is 1. The van der Waals surface area contributed by atoms with Crippen LogP contribution in [0.1, 0.15) is 51.2 Å². The number of rotatable bonds is 5. The second-order valence-corrected chi connectivity index (χ2v) is 5.41. The van der Waals surface area contributed by atoms with Crippen LogP contribution < -0.4 is 5.32 Å².